The van der Waals surface area contributed by atoms with Gasteiger partial charge in [0.25, 0.3) is 0 Å². The molecule has 0 aromatic heterocycles. The largest absolute Gasteiger partial charge is 0.391 e. The Morgan fingerprint density at radius 2 is 1.64 bits per heavy atom. The molecule has 0 aromatic carbocycles. The van der Waals surface area contributed by atoms with Gasteiger partial charge in [-0.1, -0.05) is 34.6 Å². The minimum absolute atomic E-state index is 0.0567. The van der Waals surface area contributed by atoms with Crippen molar-refractivity contribution >= 4 is 5.78 Å². The number of aliphatic hydroxyl groups is 1. The van der Waals surface area contributed by atoms with Crippen molar-refractivity contribution in [3.8, 4) is 0 Å². The summed E-state index contributed by atoms with van der Waals surface area (Å²) in [6, 6.07) is -0.268. The molecule has 0 spiro atoms. The Hall–Kier alpha value is -0.410. The molecule has 1 unspecified atom stereocenters. The standard InChI is InChI=1S/C11H23NO2/c1-7(2)12-9(8(3)13)10(14)11(4,5)6/h7-9,12-13H,1-6H3/t8-,9?/m0/s1. The fourth-order valence-corrected chi connectivity index (χ4v) is 1.26. The van der Waals surface area contributed by atoms with Crippen molar-refractivity contribution in [1.29, 1.82) is 0 Å². The van der Waals surface area contributed by atoms with E-state index in [-0.39, 0.29) is 11.8 Å². The van der Waals surface area contributed by atoms with Crippen LogP contribution in [0.2, 0.25) is 0 Å². The van der Waals surface area contributed by atoms with E-state index in [1.807, 2.05) is 34.6 Å². The number of aliphatic hydroxyl groups excluding tert-OH is 1. The van der Waals surface area contributed by atoms with Gasteiger partial charge in [0, 0.05) is 11.5 Å². The normalized spacial score (nSPS) is 16.9. The number of nitrogens with one attached hydrogen (secondary N) is 1. The second kappa shape index (κ2) is 4.89. The molecular weight excluding hydrogens is 178 g/mol. The highest BCUT2D eigenvalue weighted by Crippen LogP contribution is 2.18. The molecule has 3 heteroatoms. The van der Waals surface area contributed by atoms with Gasteiger partial charge in [-0.15, -0.1) is 0 Å². The number of ketones is 1. The first-order chi connectivity index (χ1) is 6.16. The number of hydrogen-bond acceptors (Lipinski definition) is 3. The Balaban J connectivity index is 4.59. The van der Waals surface area contributed by atoms with Gasteiger partial charge >= 0.3 is 0 Å². The molecule has 0 aliphatic heterocycles. The topological polar surface area (TPSA) is 49.3 Å². The number of carbonyl (C=O) groups is 1. The lowest BCUT2D eigenvalue weighted by molar-refractivity contribution is -0.131. The summed E-state index contributed by atoms with van der Waals surface area (Å²) in [5, 5.41) is 12.6. The van der Waals surface area contributed by atoms with E-state index in [0.29, 0.717) is 0 Å². The third-order valence-corrected chi connectivity index (χ3v) is 2.02. The van der Waals surface area contributed by atoms with E-state index < -0.39 is 17.6 Å². The Bertz CT molecular complexity index is 192. The zero-order valence-corrected chi connectivity index (χ0v) is 10.1. The van der Waals surface area contributed by atoms with E-state index in [0.717, 1.165) is 0 Å². The highest BCUT2D eigenvalue weighted by molar-refractivity contribution is 5.89. The molecule has 0 aliphatic carbocycles. The lowest BCUT2D eigenvalue weighted by Gasteiger charge is -2.28. The van der Waals surface area contributed by atoms with Crippen LogP contribution < -0.4 is 5.32 Å². The molecule has 0 saturated heterocycles. The van der Waals surface area contributed by atoms with Crippen LogP contribution in [0.4, 0.5) is 0 Å². The molecule has 84 valence electrons. The minimum atomic E-state index is -0.649. The van der Waals surface area contributed by atoms with Crippen LogP contribution in [0, 0.1) is 5.41 Å². The number of rotatable bonds is 4. The van der Waals surface area contributed by atoms with Crippen molar-refractivity contribution < 1.29 is 9.90 Å². The van der Waals surface area contributed by atoms with Gasteiger partial charge in [0.2, 0.25) is 0 Å². The first-order valence-corrected chi connectivity index (χ1v) is 5.14. The van der Waals surface area contributed by atoms with Crippen LogP contribution in [0.25, 0.3) is 0 Å². The summed E-state index contributed by atoms with van der Waals surface area (Å²) in [4.78, 5) is 11.9. The second-order valence-corrected chi connectivity index (χ2v) is 5.15. The summed E-state index contributed by atoms with van der Waals surface area (Å²) in [7, 11) is 0. The fraction of sp³-hybridized carbons (Fsp3) is 0.909. The molecule has 14 heavy (non-hydrogen) atoms. The second-order valence-electron chi connectivity index (χ2n) is 5.15. The van der Waals surface area contributed by atoms with Gasteiger partial charge in [-0.3, -0.25) is 4.79 Å². The molecule has 0 saturated carbocycles. The summed E-state index contributed by atoms with van der Waals surface area (Å²) in [6.45, 7) is 11.2. The van der Waals surface area contributed by atoms with Crippen molar-refractivity contribution in [1.82, 2.24) is 5.32 Å². The predicted molar refractivity (Wildman–Crippen MR) is 58.2 cm³/mol. The molecule has 3 nitrogen and oxygen atoms in total. The molecule has 0 heterocycles. The molecule has 0 fully saturated rings. The minimum Gasteiger partial charge on any atom is -0.391 e. The molecule has 2 atom stereocenters. The summed E-state index contributed by atoms with van der Waals surface area (Å²) < 4.78 is 0. The van der Waals surface area contributed by atoms with Crippen LogP contribution >= 0.6 is 0 Å². The molecule has 2 N–H and O–H groups in total. The van der Waals surface area contributed by atoms with Crippen molar-refractivity contribution in [2.45, 2.75) is 59.7 Å². The highest BCUT2D eigenvalue weighted by atomic mass is 16.3. The van der Waals surface area contributed by atoms with Crippen molar-refractivity contribution in [3.63, 3.8) is 0 Å². The quantitative estimate of drug-likeness (QED) is 0.722. The molecule has 0 bridgehead atoms. The van der Waals surface area contributed by atoms with Crippen LogP contribution in [0.5, 0.6) is 0 Å². The van der Waals surface area contributed by atoms with E-state index >= 15 is 0 Å². The fourth-order valence-electron chi connectivity index (χ4n) is 1.26. The SMILES string of the molecule is CC(C)NC(C(=O)C(C)(C)C)[C@H](C)O. The zero-order valence-electron chi connectivity index (χ0n) is 10.1. The zero-order chi connectivity index (χ0) is 11.5. The van der Waals surface area contributed by atoms with Crippen molar-refractivity contribution in [2.24, 2.45) is 5.41 Å². The van der Waals surface area contributed by atoms with E-state index in [1.165, 1.54) is 0 Å². The average Bonchev–Trinajstić information content (AvgIpc) is 1.96. The van der Waals surface area contributed by atoms with Gasteiger partial charge in [0.05, 0.1) is 12.1 Å². The maximum Gasteiger partial charge on any atom is 0.157 e. The van der Waals surface area contributed by atoms with Gasteiger partial charge < -0.3 is 10.4 Å². The van der Waals surface area contributed by atoms with Crippen molar-refractivity contribution in [3.05, 3.63) is 0 Å². The maximum absolute atomic E-state index is 11.9. The summed E-state index contributed by atoms with van der Waals surface area (Å²) in [6.07, 6.45) is -0.649. The molecule has 0 aliphatic rings. The predicted octanol–water partition coefficient (Wildman–Crippen LogP) is 1.35. The lowest BCUT2D eigenvalue weighted by Crippen LogP contribution is -2.51. The Morgan fingerprint density at radius 1 is 1.21 bits per heavy atom. The molecular formula is C11H23NO2. The molecule has 0 rings (SSSR count). The van der Waals surface area contributed by atoms with E-state index in [9.17, 15) is 9.90 Å². The Morgan fingerprint density at radius 3 is 1.86 bits per heavy atom. The summed E-state index contributed by atoms with van der Waals surface area (Å²) in [5.74, 6) is 0.0567. The molecule has 0 aromatic rings. The third kappa shape index (κ3) is 4.20. The molecule has 0 amide bonds. The molecule has 0 radical (unpaired) electrons. The lowest BCUT2D eigenvalue weighted by atomic mass is 9.84. The van der Waals surface area contributed by atoms with E-state index in [2.05, 4.69) is 5.32 Å². The third-order valence-electron chi connectivity index (χ3n) is 2.02. The number of Topliss-reactive ketones (excluding diaryl/α,β-unsaturated/α-hetero) is 1. The van der Waals surface area contributed by atoms with Gasteiger partial charge in [-0.25, -0.2) is 0 Å². The van der Waals surface area contributed by atoms with Crippen molar-refractivity contribution in [2.75, 3.05) is 0 Å². The maximum atomic E-state index is 11.9. The van der Waals surface area contributed by atoms with E-state index in [4.69, 9.17) is 0 Å². The van der Waals surface area contributed by atoms with Crippen LogP contribution in [0.1, 0.15) is 41.5 Å². The summed E-state index contributed by atoms with van der Waals surface area (Å²) in [5.41, 5.74) is -0.413. The monoisotopic (exact) mass is 201 g/mol. The van der Waals surface area contributed by atoms with Crippen LogP contribution in [-0.2, 0) is 4.79 Å². The number of hydrogen-bond donors (Lipinski definition) is 2. The highest BCUT2D eigenvalue weighted by Gasteiger charge is 2.32. The van der Waals surface area contributed by atoms with Gasteiger partial charge in [-0.2, -0.15) is 0 Å². The van der Waals surface area contributed by atoms with Crippen LogP contribution in [0.15, 0.2) is 0 Å². The Kier molecular flexibility index (Phi) is 4.75. The van der Waals surface area contributed by atoms with Crippen LogP contribution in [-0.4, -0.2) is 29.1 Å². The van der Waals surface area contributed by atoms with E-state index in [1.54, 1.807) is 6.92 Å². The van der Waals surface area contributed by atoms with Crippen LogP contribution in [0.3, 0.4) is 0 Å². The van der Waals surface area contributed by atoms with Gasteiger partial charge in [-0.05, 0) is 6.92 Å². The smallest absolute Gasteiger partial charge is 0.157 e. The number of carbonyl (C=O) groups excluding carboxylic acids is 1. The Labute approximate surface area is 86.9 Å². The van der Waals surface area contributed by atoms with Gasteiger partial charge in [0.15, 0.2) is 5.78 Å². The summed E-state index contributed by atoms with van der Waals surface area (Å²) >= 11 is 0. The van der Waals surface area contributed by atoms with Gasteiger partial charge in [0.1, 0.15) is 0 Å². The average molecular weight is 201 g/mol. The first kappa shape index (κ1) is 13.6. The first-order valence-electron chi connectivity index (χ1n) is 5.14.